The van der Waals surface area contributed by atoms with Gasteiger partial charge in [-0.2, -0.15) is 0 Å². The number of methoxy groups -OCH3 is 3. The quantitative estimate of drug-likeness (QED) is 0.647. The molecule has 0 saturated carbocycles. The number of allylic oxidation sites excluding steroid dienone is 1. The lowest BCUT2D eigenvalue weighted by Gasteiger charge is -2.35. The van der Waals surface area contributed by atoms with Crippen molar-refractivity contribution in [2.75, 3.05) is 21.3 Å². The van der Waals surface area contributed by atoms with E-state index in [1.165, 1.54) is 0 Å². The summed E-state index contributed by atoms with van der Waals surface area (Å²) in [6.45, 7) is 0. The van der Waals surface area contributed by atoms with Crippen molar-refractivity contribution in [1.29, 1.82) is 0 Å². The molecule has 74 valence electrons. The summed E-state index contributed by atoms with van der Waals surface area (Å²) >= 11 is 0. The Labute approximate surface area is 78.0 Å². The number of ether oxygens (including phenoxy) is 3. The van der Waals surface area contributed by atoms with E-state index in [1.807, 2.05) is 6.08 Å². The average molecular weight is 185 g/mol. The fourth-order valence-corrected chi connectivity index (χ4v) is 1.37. The minimum Gasteiger partial charge on any atom is -0.399 e. The first-order chi connectivity index (χ1) is 6.18. The summed E-state index contributed by atoms with van der Waals surface area (Å²) in [6, 6.07) is 0. The third-order valence-electron chi connectivity index (χ3n) is 2.12. The molecule has 2 N–H and O–H groups in total. The fourth-order valence-electron chi connectivity index (χ4n) is 1.37. The van der Waals surface area contributed by atoms with Gasteiger partial charge >= 0.3 is 0 Å². The molecule has 0 aromatic carbocycles. The Kier molecular flexibility index (Phi) is 3.08. The van der Waals surface area contributed by atoms with E-state index in [-0.39, 0.29) is 6.10 Å². The van der Waals surface area contributed by atoms with Crippen LogP contribution in [0.4, 0.5) is 0 Å². The smallest absolute Gasteiger partial charge is 0.220 e. The summed E-state index contributed by atoms with van der Waals surface area (Å²) in [5.41, 5.74) is 6.25. The van der Waals surface area contributed by atoms with Crippen molar-refractivity contribution < 1.29 is 14.2 Å². The summed E-state index contributed by atoms with van der Waals surface area (Å²) in [6.07, 6.45) is 5.00. The topological polar surface area (TPSA) is 53.7 Å². The Morgan fingerprint density at radius 1 is 1.31 bits per heavy atom. The monoisotopic (exact) mass is 185 g/mol. The zero-order valence-electron chi connectivity index (χ0n) is 8.11. The molecule has 13 heavy (non-hydrogen) atoms. The van der Waals surface area contributed by atoms with Gasteiger partial charge in [0.25, 0.3) is 0 Å². The second-order valence-electron chi connectivity index (χ2n) is 2.79. The first-order valence-corrected chi connectivity index (χ1v) is 3.98. The molecule has 1 unspecified atom stereocenters. The van der Waals surface area contributed by atoms with Gasteiger partial charge in [0.15, 0.2) is 0 Å². The van der Waals surface area contributed by atoms with Crippen molar-refractivity contribution in [1.82, 2.24) is 0 Å². The van der Waals surface area contributed by atoms with E-state index in [9.17, 15) is 0 Å². The molecule has 1 rings (SSSR count). The Bertz CT molecular complexity index is 231. The molecule has 1 aliphatic carbocycles. The molecule has 0 radical (unpaired) electrons. The molecule has 0 heterocycles. The largest absolute Gasteiger partial charge is 0.399 e. The molecule has 4 nitrogen and oxygen atoms in total. The lowest BCUT2D eigenvalue weighted by molar-refractivity contribution is -0.221. The maximum Gasteiger partial charge on any atom is 0.220 e. The van der Waals surface area contributed by atoms with Crippen LogP contribution in [-0.2, 0) is 14.2 Å². The van der Waals surface area contributed by atoms with Crippen molar-refractivity contribution in [2.45, 2.75) is 11.9 Å². The van der Waals surface area contributed by atoms with Crippen molar-refractivity contribution in [2.24, 2.45) is 5.73 Å². The van der Waals surface area contributed by atoms with E-state index in [2.05, 4.69) is 0 Å². The van der Waals surface area contributed by atoms with Crippen LogP contribution >= 0.6 is 0 Å². The molecule has 0 aromatic heterocycles. The maximum absolute atomic E-state index is 5.64. The number of hydrogen-bond acceptors (Lipinski definition) is 4. The van der Waals surface area contributed by atoms with Crippen molar-refractivity contribution >= 4 is 0 Å². The molecule has 4 heteroatoms. The molecule has 0 spiro atoms. The van der Waals surface area contributed by atoms with E-state index >= 15 is 0 Å². The Hall–Kier alpha value is -0.840. The zero-order valence-corrected chi connectivity index (χ0v) is 8.11. The highest BCUT2D eigenvalue weighted by Crippen LogP contribution is 2.26. The summed E-state index contributed by atoms with van der Waals surface area (Å²) in [7, 11) is 4.70. The van der Waals surface area contributed by atoms with Crippen LogP contribution in [-0.4, -0.2) is 33.2 Å². The van der Waals surface area contributed by atoms with Crippen LogP contribution in [0.5, 0.6) is 0 Å². The van der Waals surface area contributed by atoms with Gasteiger partial charge in [-0.05, 0) is 12.2 Å². The standard InChI is InChI=1S/C9H15NO3/c1-11-8-5-4-7(10)6-9(8,12-2)13-3/h4-6,8H,10H2,1-3H3. The average Bonchev–Trinajstić information content (AvgIpc) is 2.17. The Morgan fingerprint density at radius 2 is 1.92 bits per heavy atom. The van der Waals surface area contributed by atoms with E-state index in [1.54, 1.807) is 33.5 Å². The second-order valence-corrected chi connectivity index (χ2v) is 2.79. The van der Waals surface area contributed by atoms with Crippen LogP contribution in [0.15, 0.2) is 23.9 Å². The van der Waals surface area contributed by atoms with Crippen molar-refractivity contribution in [3.63, 3.8) is 0 Å². The van der Waals surface area contributed by atoms with Gasteiger partial charge in [-0.3, -0.25) is 0 Å². The number of nitrogens with two attached hydrogens (primary N) is 1. The van der Waals surface area contributed by atoms with Gasteiger partial charge in [0.1, 0.15) is 6.10 Å². The molecule has 0 aliphatic heterocycles. The molecule has 0 amide bonds. The lowest BCUT2D eigenvalue weighted by Crippen LogP contribution is -2.46. The zero-order chi connectivity index (χ0) is 9.90. The lowest BCUT2D eigenvalue weighted by atomic mass is 10.0. The highest BCUT2D eigenvalue weighted by molar-refractivity contribution is 5.27. The predicted octanol–water partition coefficient (Wildman–Crippen LogP) is 0.403. The van der Waals surface area contributed by atoms with Crippen LogP contribution < -0.4 is 5.73 Å². The summed E-state index contributed by atoms with van der Waals surface area (Å²) < 4.78 is 15.7. The highest BCUT2D eigenvalue weighted by atomic mass is 16.7. The Balaban J connectivity index is 2.95. The first-order valence-electron chi connectivity index (χ1n) is 3.98. The van der Waals surface area contributed by atoms with E-state index in [0.717, 1.165) is 0 Å². The second kappa shape index (κ2) is 3.91. The van der Waals surface area contributed by atoms with Gasteiger partial charge in [0, 0.05) is 33.1 Å². The normalized spacial score (nSPS) is 25.8. The minimum atomic E-state index is -0.895. The molecule has 1 aliphatic rings. The van der Waals surface area contributed by atoms with Gasteiger partial charge in [0.2, 0.25) is 5.79 Å². The summed E-state index contributed by atoms with van der Waals surface area (Å²) in [5.74, 6) is -0.895. The van der Waals surface area contributed by atoms with E-state index in [0.29, 0.717) is 5.70 Å². The third kappa shape index (κ3) is 1.75. The SMILES string of the molecule is COC1C=CC(N)=CC1(OC)OC. The fraction of sp³-hybridized carbons (Fsp3) is 0.556. The van der Waals surface area contributed by atoms with Crippen LogP contribution in [0, 0.1) is 0 Å². The molecular formula is C9H15NO3. The Morgan fingerprint density at radius 3 is 2.38 bits per heavy atom. The molecule has 0 aromatic rings. The van der Waals surface area contributed by atoms with Crippen LogP contribution in [0.25, 0.3) is 0 Å². The first kappa shape index (κ1) is 10.2. The van der Waals surface area contributed by atoms with Gasteiger partial charge in [-0.25, -0.2) is 0 Å². The van der Waals surface area contributed by atoms with Crippen molar-refractivity contribution in [3.8, 4) is 0 Å². The molecule has 1 atom stereocenters. The molecule has 0 bridgehead atoms. The molecular weight excluding hydrogens is 170 g/mol. The van der Waals surface area contributed by atoms with Gasteiger partial charge < -0.3 is 19.9 Å². The maximum atomic E-state index is 5.64. The minimum absolute atomic E-state index is 0.269. The van der Waals surface area contributed by atoms with E-state index in [4.69, 9.17) is 19.9 Å². The van der Waals surface area contributed by atoms with Gasteiger partial charge in [-0.15, -0.1) is 0 Å². The predicted molar refractivity (Wildman–Crippen MR) is 49.0 cm³/mol. The van der Waals surface area contributed by atoms with Crippen molar-refractivity contribution in [3.05, 3.63) is 23.9 Å². The van der Waals surface area contributed by atoms with Crippen LogP contribution in [0.1, 0.15) is 0 Å². The van der Waals surface area contributed by atoms with Crippen LogP contribution in [0.3, 0.4) is 0 Å². The van der Waals surface area contributed by atoms with Gasteiger partial charge in [0.05, 0.1) is 0 Å². The molecule has 0 fully saturated rings. The van der Waals surface area contributed by atoms with Gasteiger partial charge in [-0.1, -0.05) is 0 Å². The molecule has 0 saturated heterocycles. The summed E-state index contributed by atoms with van der Waals surface area (Å²) in [4.78, 5) is 0. The summed E-state index contributed by atoms with van der Waals surface area (Å²) in [5, 5.41) is 0. The third-order valence-corrected chi connectivity index (χ3v) is 2.12. The van der Waals surface area contributed by atoms with E-state index < -0.39 is 5.79 Å². The highest BCUT2D eigenvalue weighted by Gasteiger charge is 2.38. The van der Waals surface area contributed by atoms with Crippen LogP contribution in [0.2, 0.25) is 0 Å². The number of rotatable bonds is 3. The number of hydrogen-bond donors (Lipinski definition) is 1.